The van der Waals surface area contributed by atoms with Crippen LogP contribution in [0.4, 0.5) is 0 Å². The first kappa shape index (κ1) is 17.2. The summed E-state index contributed by atoms with van der Waals surface area (Å²) >= 11 is 0. The summed E-state index contributed by atoms with van der Waals surface area (Å²) in [6.45, 7) is 12.1. The molecule has 0 aromatic rings. The Hall–Kier alpha value is -1.18. The second kappa shape index (κ2) is 13.8. The van der Waals surface area contributed by atoms with Gasteiger partial charge in [-0.1, -0.05) is 33.8 Å². The third-order valence-electron chi connectivity index (χ3n) is 1.63. The van der Waals surface area contributed by atoms with E-state index in [9.17, 15) is 0 Å². The Morgan fingerprint density at radius 2 is 1.62 bits per heavy atom. The molecular formula is C14H26N2. The Labute approximate surface area is 101 Å². The molecule has 0 bridgehead atoms. The molecule has 2 aliphatic heterocycles. The van der Waals surface area contributed by atoms with Crippen molar-refractivity contribution in [1.82, 2.24) is 0 Å². The minimum atomic E-state index is 1.06. The highest BCUT2D eigenvalue weighted by atomic mass is 14.7. The van der Waals surface area contributed by atoms with Crippen molar-refractivity contribution in [3.8, 4) is 0 Å². The molecule has 0 fully saturated rings. The van der Waals surface area contributed by atoms with Crippen molar-refractivity contribution >= 4 is 11.9 Å². The fourth-order valence-corrected chi connectivity index (χ4v) is 0.885. The highest BCUT2D eigenvalue weighted by Gasteiger charge is 1.88. The van der Waals surface area contributed by atoms with Gasteiger partial charge in [0.25, 0.3) is 0 Å². The number of hydrogen-bond acceptors (Lipinski definition) is 2. The van der Waals surface area contributed by atoms with Crippen molar-refractivity contribution in [3.63, 3.8) is 0 Å². The van der Waals surface area contributed by atoms with Crippen molar-refractivity contribution in [2.75, 3.05) is 0 Å². The summed E-state index contributed by atoms with van der Waals surface area (Å²) in [6, 6.07) is 0. The molecule has 0 atom stereocenters. The van der Waals surface area contributed by atoms with Crippen LogP contribution < -0.4 is 0 Å². The van der Waals surface area contributed by atoms with E-state index in [0.717, 1.165) is 12.8 Å². The molecule has 2 aliphatic rings. The van der Waals surface area contributed by atoms with Crippen LogP contribution in [0.3, 0.4) is 0 Å². The summed E-state index contributed by atoms with van der Waals surface area (Å²) in [5.41, 5.74) is 2.57. The van der Waals surface area contributed by atoms with Crippen molar-refractivity contribution in [1.29, 1.82) is 0 Å². The van der Waals surface area contributed by atoms with Gasteiger partial charge in [0.15, 0.2) is 0 Å². The average molecular weight is 222 g/mol. The Morgan fingerprint density at radius 1 is 1.00 bits per heavy atom. The number of hydrogen-bond donors (Lipinski definition) is 0. The molecule has 92 valence electrons. The molecule has 0 aliphatic carbocycles. The lowest BCUT2D eigenvalue weighted by Gasteiger charge is -1.76. The molecule has 2 heteroatoms. The number of allylic oxidation sites excluding steroid dienone is 2. The van der Waals surface area contributed by atoms with Gasteiger partial charge in [0, 0.05) is 37.2 Å². The lowest BCUT2D eigenvalue weighted by Crippen LogP contribution is -1.78. The molecule has 0 amide bonds. The molecule has 0 unspecified atom stereocenters. The molecule has 16 heavy (non-hydrogen) atoms. The van der Waals surface area contributed by atoms with Crippen molar-refractivity contribution in [2.45, 2.75) is 54.4 Å². The van der Waals surface area contributed by atoms with Crippen LogP contribution in [0.5, 0.6) is 0 Å². The molecule has 0 saturated heterocycles. The van der Waals surface area contributed by atoms with Crippen molar-refractivity contribution in [3.05, 3.63) is 24.0 Å². The average Bonchev–Trinajstić information content (AvgIpc) is 2.98. The minimum Gasteiger partial charge on any atom is -0.269 e. The highest BCUT2D eigenvalue weighted by Crippen LogP contribution is 2.02. The summed E-state index contributed by atoms with van der Waals surface area (Å²) in [6.07, 6.45) is 9.81. The van der Waals surface area contributed by atoms with Gasteiger partial charge in [-0.05, 0) is 19.4 Å². The zero-order valence-corrected chi connectivity index (χ0v) is 11.6. The third kappa shape index (κ3) is 10.9. The van der Waals surface area contributed by atoms with Gasteiger partial charge in [-0.25, -0.2) is 0 Å². The molecule has 0 aromatic heterocycles. The van der Waals surface area contributed by atoms with Gasteiger partial charge in [0.1, 0.15) is 0 Å². The number of rotatable bonds is 0. The lowest BCUT2D eigenvalue weighted by atomic mass is 10.3. The molecule has 2 heterocycles. The minimum absolute atomic E-state index is 1.06. The van der Waals surface area contributed by atoms with E-state index in [1.54, 1.807) is 0 Å². The van der Waals surface area contributed by atoms with Crippen molar-refractivity contribution < 1.29 is 0 Å². The summed E-state index contributed by atoms with van der Waals surface area (Å²) in [5, 5.41) is 0. The van der Waals surface area contributed by atoms with E-state index in [1.165, 1.54) is 11.3 Å². The Kier molecular flexibility index (Phi) is 14.9. The van der Waals surface area contributed by atoms with E-state index in [2.05, 4.69) is 23.0 Å². The fraction of sp³-hybridized carbons (Fsp3) is 0.571. The molecule has 2 nitrogen and oxygen atoms in total. The van der Waals surface area contributed by atoms with Crippen LogP contribution in [0, 0.1) is 0 Å². The Balaban J connectivity index is 0. The van der Waals surface area contributed by atoms with Crippen LogP contribution >= 0.6 is 0 Å². The summed E-state index contributed by atoms with van der Waals surface area (Å²) < 4.78 is 0. The first-order chi connectivity index (χ1) is 7.79. The number of nitrogens with zero attached hydrogens (tertiary/aromatic N) is 2. The lowest BCUT2D eigenvalue weighted by molar-refractivity contribution is 1.32. The maximum atomic E-state index is 3.97. The van der Waals surface area contributed by atoms with Gasteiger partial charge in [0.05, 0.1) is 0 Å². The third-order valence-corrected chi connectivity index (χ3v) is 1.63. The second-order valence-corrected chi connectivity index (χ2v) is 2.96. The SMILES string of the molecule is CC.CC.CC1=CN=CC1.CC1=NC=CC1. The van der Waals surface area contributed by atoms with Crippen LogP contribution in [0.25, 0.3) is 0 Å². The quantitative estimate of drug-likeness (QED) is 0.563. The van der Waals surface area contributed by atoms with Crippen LogP contribution in [0.15, 0.2) is 34.0 Å². The van der Waals surface area contributed by atoms with E-state index in [4.69, 9.17) is 0 Å². The van der Waals surface area contributed by atoms with Gasteiger partial charge in [0.2, 0.25) is 0 Å². The van der Waals surface area contributed by atoms with E-state index in [0.29, 0.717) is 0 Å². The zero-order chi connectivity index (χ0) is 12.8. The maximum absolute atomic E-state index is 3.97. The van der Waals surface area contributed by atoms with Gasteiger partial charge < -0.3 is 0 Å². The predicted octanol–water partition coefficient (Wildman–Crippen LogP) is 4.78. The Bertz CT molecular complexity index is 230. The number of aliphatic imine (C=N–C) groups is 2. The van der Waals surface area contributed by atoms with Crippen molar-refractivity contribution in [2.24, 2.45) is 9.98 Å². The zero-order valence-electron chi connectivity index (χ0n) is 11.6. The molecule has 0 N–H and O–H groups in total. The second-order valence-electron chi connectivity index (χ2n) is 2.96. The smallest absolute Gasteiger partial charge is 0.0256 e. The van der Waals surface area contributed by atoms with E-state index < -0.39 is 0 Å². The highest BCUT2D eigenvalue weighted by molar-refractivity contribution is 5.85. The molecule has 2 rings (SSSR count). The first-order valence-electron chi connectivity index (χ1n) is 6.14. The molecule has 0 saturated carbocycles. The first-order valence-corrected chi connectivity index (χ1v) is 6.14. The van der Waals surface area contributed by atoms with E-state index in [-0.39, 0.29) is 0 Å². The van der Waals surface area contributed by atoms with Gasteiger partial charge in [-0.15, -0.1) is 0 Å². The monoisotopic (exact) mass is 222 g/mol. The van der Waals surface area contributed by atoms with E-state index >= 15 is 0 Å². The Morgan fingerprint density at radius 3 is 1.75 bits per heavy atom. The topological polar surface area (TPSA) is 24.7 Å². The standard InChI is InChI=1S/2C5H7N.2C2H6/c1-5-2-3-6-4-5;1-5-3-2-4-6-5;2*1-2/h3-4H,2H2,1H3;2,4H,3H2,1H3;2*1-2H3. The summed E-state index contributed by atoms with van der Waals surface area (Å²) in [4.78, 5) is 7.85. The summed E-state index contributed by atoms with van der Waals surface area (Å²) in [7, 11) is 0. The molecule has 0 aromatic carbocycles. The van der Waals surface area contributed by atoms with Gasteiger partial charge >= 0.3 is 0 Å². The molecule has 0 radical (unpaired) electrons. The van der Waals surface area contributed by atoms with E-state index in [1.807, 2.05) is 53.2 Å². The van der Waals surface area contributed by atoms with Crippen LogP contribution in [-0.2, 0) is 0 Å². The maximum Gasteiger partial charge on any atom is 0.0256 e. The molecular weight excluding hydrogens is 196 g/mol. The van der Waals surface area contributed by atoms with Crippen LogP contribution in [0.2, 0.25) is 0 Å². The molecule has 0 spiro atoms. The van der Waals surface area contributed by atoms with Crippen LogP contribution in [-0.4, -0.2) is 11.9 Å². The van der Waals surface area contributed by atoms with Gasteiger partial charge in [-0.2, -0.15) is 0 Å². The normalized spacial score (nSPS) is 14.6. The predicted molar refractivity (Wildman–Crippen MR) is 76.4 cm³/mol. The van der Waals surface area contributed by atoms with Crippen LogP contribution in [0.1, 0.15) is 54.4 Å². The van der Waals surface area contributed by atoms with Gasteiger partial charge in [-0.3, -0.25) is 9.98 Å². The largest absolute Gasteiger partial charge is 0.269 e. The fourth-order valence-electron chi connectivity index (χ4n) is 0.885. The summed E-state index contributed by atoms with van der Waals surface area (Å²) in [5.74, 6) is 0.